The summed E-state index contributed by atoms with van der Waals surface area (Å²) in [5, 5.41) is 0.668. The topological polar surface area (TPSA) is 54.6 Å². The van der Waals surface area contributed by atoms with E-state index < -0.39 is 0 Å². The SMILES string of the molecule is C[C@@H](c1nc2ccccc2c(=O)[nH]1)[NH+]1CC[NH+](C)CC1. The van der Waals surface area contributed by atoms with Gasteiger partial charge < -0.3 is 14.8 Å². The second kappa shape index (κ2) is 5.34. The molecule has 1 aliphatic rings. The van der Waals surface area contributed by atoms with Crippen molar-refractivity contribution in [1.82, 2.24) is 9.97 Å². The Morgan fingerprint density at radius 3 is 2.65 bits per heavy atom. The average Bonchev–Trinajstić information content (AvgIpc) is 2.47. The number of nitrogens with zero attached hydrogens (tertiary/aromatic N) is 1. The third-order valence-electron chi connectivity index (χ3n) is 4.40. The fourth-order valence-corrected chi connectivity index (χ4v) is 2.93. The van der Waals surface area contributed by atoms with E-state index >= 15 is 0 Å². The third-order valence-corrected chi connectivity index (χ3v) is 4.40. The Morgan fingerprint density at radius 1 is 1.20 bits per heavy atom. The molecule has 1 fully saturated rings. The number of para-hydroxylation sites is 1. The number of quaternary nitrogens is 2. The Kier molecular flexibility index (Phi) is 3.54. The quantitative estimate of drug-likeness (QED) is 0.618. The second-order valence-corrected chi connectivity index (χ2v) is 5.81. The lowest BCUT2D eigenvalue weighted by atomic mass is 10.2. The molecule has 0 unspecified atom stereocenters. The standard InChI is InChI=1S/C15H20N4O/c1-11(19-9-7-18(2)8-10-19)14-16-13-6-4-3-5-12(13)15(20)17-14/h3-6,11H,7-10H2,1-2H3,(H,16,17,20)/p+2/t11-/m0/s1. The van der Waals surface area contributed by atoms with Crippen molar-refractivity contribution in [3.05, 3.63) is 40.4 Å². The summed E-state index contributed by atoms with van der Waals surface area (Å²) >= 11 is 0. The van der Waals surface area contributed by atoms with Gasteiger partial charge in [0.15, 0.2) is 5.82 Å². The number of hydrogen-bond acceptors (Lipinski definition) is 2. The molecule has 0 radical (unpaired) electrons. The number of fused-ring (bicyclic) bond motifs is 1. The van der Waals surface area contributed by atoms with E-state index in [9.17, 15) is 4.79 Å². The molecule has 1 aromatic carbocycles. The molecule has 2 heterocycles. The number of nitrogens with one attached hydrogen (secondary N) is 3. The van der Waals surface area contributed by atoms with Gasteiger partial charge in [-0.2, -0.15) is 0 Å². The van der Waals surface area contributed by atoms with E-state index in [4.69, 9.17) is 0 Å². The van der Waals surface area contributed by atoms with Crippen LogP contribution in [0.2, 0.25) is 0 Å². The lowest BCUT2D eigenvalue weighted by Gasteiger charge is -2.31. The minimum absolute atomic E-state index is 0.0309. The number of H-pyrrole nitrogens is 1. The summed E-state index contributed by atoms with van der Waals surface area (Å²) in [7, 11) is 2.23. The minimum Gasteiger partial charge on any atom is -0.328 e. The molecule has 106 valence electrons. The van der Waals surface area contributed by atoms with Crippen molar-refractivity contribution < 1.29 is 9.80 Å². The maximum absolute atomic E-state index is 12.1. The third kappa shape index (κ3) is 2.46. The van der Waals surface area contributed by atoms with Crippen molar-refractivity contribution in [2.45, 2.75) is 13.0 Å². The van der Waals surface area contributed by atoms with Crippen LogP contribution in [0.4, 0.5) is 0 Å². The maximum Gasteiger partial charge on any atom is 0.258 e. The molecule has 3 N–H and O–H groups in total. The summed E-state index contributed by atoms with van der Waals surface area (Å²) in [6.07, 6.45) is 0. The maximum atomic E-state index is 12.1. The molecule has 5 heteroatoms. The van der Waals surface area contributed by atoms with Crippen molar-refractivity contribution in [3.8, 4) is 0 Å². The van der Waals surface area contributed by atoms with E-state index in [0.717, 1.165) is 24.4 Å². The van der Waals surface area contributed by atoms with Gasteiger partial charge in [-0.05, 0) is 19.1 Å². The van der Waals surface area contributed by atoms with Crippen LogP contribution >= 0.6 is 0 Å². The lowest BCUT2D eigenvalue weighted by Crippen LogP contribution is -3.26. The van der Waals surface area contributed by atoms with Gasteiger partial charge in [0.25, 0.3) is 5.56 Å². The largest absolute Gasteiger partial charge is 0.328 e. The molecule has 1 aliphatic heterocycles. The van der Waals surface area contributed by atoms with E-state index in [1.54, 1.807) is 4.90 Å². The molecule has 5 nitrogen and oxygen atoms in total. The van der Waals surface area contributed by atoms with Crippen LogP contribution in [-0.4, -0.2) is 43.2 Å². The zero-order chi connectivity index (χ0) is 14.1. The summed E-state index contributed by atoms with van der Waals surface area (Å²) in [5.74, 6) is 0.809. The highest BCUT2D eigenvalue weighted by atomic mass is 16.1. The molecule has 20 heavy (non-hydrogen) atoms. The van der Waals surface area contributed by atoms with Gasteiger partial charge in [-0.25, -0.2) is 4.98 Å². The summed E-state index contributed by atoms with van der Waals surface area (Å²) < 4.78 is 0. The predicted molar refractivity (Wildman–Crippen MR) is 78.1 cm³/mol. The van der Waals surface area contributed by atoms with Crippen LogP contribution in [0, 0.1) is 0 Å². The monoisotopic (exact) mass is 274 g/mol. The number of aromatic nitrogens is 2. The summed E-state index contributed by atoms with van der Waals surface area (Å²) in [6.45, 7) is 6.77. The number of rotatable bonds is 2. The molecule has 0 aliphatic carbocycles. The van der Waals surface area contributed by atoms with Gasteiger partial charge in [-0.15, -0.1) is 0 Å². The first-order valence-corrected chi connectivity index (χ1v) is 7.30. The highest BCUT2D eigenvalue weighted by molar-refractivity contribution is 5.77. The van der Waals surface area contributed by atoms with Crippen molar-refractivity contribution in [1.29, 1.82) is 0 Å². The fourth-order valence-electron chi connectivity index (χ4n) is 2.93. The Bertz CT molecular complexity index is 658. The van der Waals surface area contributed by atoms with Crippen LogP contribution in [-0.2, 0) is 0 Å². The van der Waals surface area contributed by atoms with Crippen LogP contribution in [0.1, 0.15) is 18.8 Å². The normalized spacial score (nSPS) is 24.7. The van der Waals surface area contributed by atoms with Crippen LogP contribution in [0.25, 0.3) is 10.9 Å². The Morgan fingerprint density at radius 2 is 1.90 bits per heavy atom. The number of likely N-dealkylation sites (N-methyl/N-ethyl adjacent to an activating group) is 1. The van der Waals surface area contributed by atoms with Crippen LogP contribution < -0.4 is 15.4 Å². The first-order valence-electron chi connectivity index (χ1n) is 7.30. The van der Waals surface area contributed by atoms with Gasteiger partial charge in [-0.1, -0.05) is 12.1 Å². The number of aromatic amines is 1. The Balaban J connectivity index is 1.92. The summed E-state index contributed by atoms with van der Waals surface area (Å²) in [4.78, 5) is 22.8. The second-order valence-electron chi connectivity index (χ2n) is 5.81. The van der Waals surface area contributed by atoms with Gasteiger partial charge in [0, 0.05) is 0 Å². The van der Waals surface area contributed by atoms with E-state index in [-0.39, 0.29) is 11.6 Å². The van der Waals surface area contributed by atoms with Gasteiger partial charge >= 0.3 is 0 Å². The molecule has 0 amide bonds. The molecule has 1 aromatic heterocycles. The molecule has 2 aromatic rings. The average molecular weight is 274 g/mol. The Hall–Kier alpha value is -1.72. The molecular weight excluding hydrogens is 252 g/mol. The number of hydrogen-bond donors (Lipinski definition) is 3. The number of piperazine rings is 1. The van der Waals surface area contributed by atoms with E-state index in [0.29, 0.717) is 5.39 Å². The van der Waals surface area contributed by atoms with Crippen LogP contribution in [0.3, 0.4) is 0 Å². The first-order chi connectivity index (χ1) is 9.65. The molecular formula is C15H22N4O+2. The lowest BCUT2D eigenvalue weighted by molar-refractivity contribution is -1.02. The van der Waals surface area contributed by atoms with Gasteiger partial charge in [-0.3, -0.25) is 4.79 Å². The number of benzene rings is 1. The zero-order valence-electron chi connectivity index (χ0n) is 12.1. The van der Waals surface area contributed by atoms with Gasteiger partial charge in [0.1, 0.15) is 32.2 Å². The molecule has 0 saturated carbocycles. The smallest absolute Gasteiger partial charge is 0.258 e. The highest BCUT2D eigenvalue weighted by Gasteiger charge is 2.27. The first kappa shape index (κ1) is 13.3. The highest BCUT2D eigenvalue weighted by Crippen LogP contribution is 2.08. The van der Waals surface area contributed by atoms with Crippen molar-refractivity contribution in [3.63, 3.8) is 0 Å². The van der Waals surface area contributed by atoms with E-state index in [2.05, 4.69) is 23.9 Å². The van der Waals surface area contributed by atoms with Crippen LogP contribution in [0.15, 0.2) is 29.1 Å². The summed E-state index contributed by atoms with van der Waals surface area (Å²) in [6, 6.07) is 7.76. The fraction of sp³-hybridized carbons (Fsp3) is 0.467. The minimum atomic E-state index is -0.0309. The molecule has 0 spiro atoms. The van der Waals surface area contributed by atoms with E-state index in [1.165, 1.54) is 18.0 Å². The van der Waals surface area contributed by atoms with Crippen molar-refractivity contribution in [2.24, 2.45) is 0 Å². The summed E-state index contributed by atoms with van der Waals surface area (Å²) in [5.41, 5.74) is 0.758. The zero-order valence-corrected chi connectivity index (χ0v) is 12.1. The van der Waals surface area contributed by atoms with Crippen LogP contribution in [0.5, 0.6) is 0 Å². The van der Waals surface area contributed by atoms with E-state index in [1.807, 2.05) is 24.3 Å². The molecule has 0 bridgehead atoms. The molecule has 1 saturated heterocycles. The van der Waals surface area contributed by atoms with Gasteiger partial charge in [0.05, 0.1) is 18.0 Å². The van der Waals surface area contributed by atoms with Gasteiger partial charge in [0.2, 0.25) is 0 Å². The molecule has 1 atom stereocenters. The van der Waals surface area contributed by atoms with Crippen molar-refractivity contribution in [2.75, 3.05) is 33.2 Å². The Labute approximate surface area is 118 Å². The predicted octanol–water partition coefficient (Wildman–Crippen LogP) is -1.60. The molecule has 3 rings (SSSR count). The van der Waals surface area contributed by atoms with Crippen molar-refractivity contribution >= 4 is 10.9 Å².